The highest BCUT2D eigenvalue weighted by atomic mass is 79.9. The van der Waals surface area contributed by atoms with Gasteiger partial charge in [-0.15, -0.1) is 0 Å². The van der Waals surface area contributed by atoms with Gasteiger partial charge in [-0.1, -0.05) is 42.8 Å². The molecule has 0 spiro atoms. The van der Waals surface area contributed by atoms with Crippen LogP contribution in [0, 0.1) is 0 Å². The van der Waals surface area contributed by atoms with Crippen LogP contribution in [0.25, 0.3) is 0 Å². The van der Waals surface area contributed by atoms with Crippen molar-refractivity contribution in [2.24, 2.45) is 0 Å². The molecule has 0 radical (unpaired) electrons. The summed E-state index contributed by atoms with van der Waals surface area (Å²) in [5.41, 5.74) is 2.79. The average Bonchev–Trinajstić information content (AvgIpc) is 2.37. The molecular formula is C16H25BrN2S. The maximum atomic E-state index is 3.63. The fraction of sp³-hybridized carbons (Fsp3) is 0.625. The first kappa shape index (κ1) is 16.2. The first-order valence-corrected chi connectivity index (χ1v) is 9.18. The molecule has 1 saturated heterocycles. The molecule has 0 aliphatic carbocycles. The molecule has 20 heavy (non-hydrogen) atoms. The second-order valence-corrected chi connectivity index (χ2v) is 8.44. The minimum Gasteiger partial charge on any atom is -0.369 e. The predicted octanol–water partition coefficient (Wildman–Crippen LogP) is 4.45. The lowest BCUT2D eigenvalue weighted by Gasteiger charge is -2.38. The molecule has 2 rings (SSSR count). The van der Waals surface area contributed by atoms with Crippen LogP contribution < -0.4 is 10.2 Å². The molecule has 1 heterocycles. The number of anilines is 1. The average molecular weight is 357 g/mol. The lowest BCUT2D eigenvalue weighted by molar-refractivity contribution is 0.594. The van der Waals surface area contributed by atoms with Crippen LogP contribution in [-0.2, 0) is 0 Å². The number of nitrogens with zero attached hydrogens (tertiary/aromatic N) is 1. The molecule has 0 saturated carbocycles. The van der Waals surface area contributed by atoms with Crippen LogP contribution in [0.1, 0.15) is 39.3 Å². The van der Waals surface area contributed by atoms with Crippen LogP contribution in [0.5, 0.6) is 0 Å². The van der Waals surface area contributed by atoms with Crippen LogP contribution in [0.3, 0.4) is 0 Å². The Labute approximate surface area is 135 Å². The second kappa shape index (κ2) is 7.19. The van der Waals surface area contributed by atoms with E-state index < -0.39 is 0 Å². The molecule has 4 heteroatoms. The Morgan fingerprint density at radius 1 is 1.35 bits per heavy atom. The van der Waals surface area contributed by atoms with Crippen LogP contribution >= 0.6 is 27.7 Å². The molecule has 1 aliphatic rings. The maximum Gasteiger partial charge on any atom is 0.0426 e. The largest absolute Gasteiger partial charge is 0.369 e. The summed E-state index contributed by atoms with van der Waals surface area (Å²) in [6.45, 7) is 12.4. The summed E-state index contributed by atoms with van der Waals surface area (Å²) < 4.78 is 1.17. The van der Waals surface area contributed by atoms with Gasteiger partial charge in [-0.25, -0.2) is 0 Å². The summed E-state index contributed by atoms with van der Waals surface area (Å²) in [5, 5.41) is 4.92. The number of hydrogen-bond acceptors (Lipinski definition) is 3. The van der Waals surface area contributed by atoms with Gasteiger partial charge in [0.2, 0.25) is 0 Å². The first-order valence-electron chi connectivity index (χ1n) is 7.44. The molecule has 0 aromatic heterocycles. The third-order valence-corrected chi connectivity index (χ3v) is 5.45. The van der Waals surface area contributed by atoms with Crippen molar-refractivity contribution in [1.82, 2.24) is 5.32 Å². The second-order valence-electron chi connectivity index (χ2n) is 5.64. The lowest BCUT2D eigenvalue weighted by atomic mass is 10.0. The summed E-state index contributed by atoms with van der Waals surface area (Å²) in [4.78, 5) is 2.56. The van der Waals surface area contributed by atoms with Gasteiger partial charge in [0, 0.05) is 39.8 Å². The minimum absolute atomic E-state index is 0.392. The zero-order chi connectivity index (χ0) is 14.7. The quantitative estimate of drug-likeness (QED) is 0.857. The summed E-state index contributed by atoms with van der Waals surface area (Å²) >= 11 is 5.73. The zero-order valence-electron chi connectivity index (χ0n) is 12.8. The summed E-state index contributed by atoms with van der Waals surface area (Å²) in [6, 6.07) is 7.07. The number of rotatable bonds is 4. The molecule has 2 nitrogen and oxygen atoms in total. The highest BCUT2D eigenvalue weighted by Crippen LogP contribution is 2.34. The van der Waals surface area contributed by atoms with Crippen LogP contribution in [0.15, 0.2) is 22.7 Å². The van der Waals surface area contributed by atoms with Gasteiger partial charge in [-0.3, -0.25) is 0 Å². The van der Waals surface area contributed by atoms with Gasteiger partial charge in [0.05, 0.1) is 0 Å². The fourth-order valence-corrected chi connectivity index (χ4v) is 4.62. The van der Waals surface area contributed by atoms with Crippen molar-refractivity contribution in [3.05, 3.63) is 28.2 Å². The van der Waals surface area contributed by atoms with E-state index in [2.05, 4.69) is 83.8 Å². The van der Waals surface area contributed by atoms with Crippen molar-refractivity contribution in [2.75, 3.05) is 24.5 Å². The Morgan fingerprint density at radius 3 is 2.60 bits per heavy atom. The van der Waals surface area contributed by atoms with Crippen LogP contribution in [-0.4, -0.2) is 30.1 Å². The Morgan fingerprint density at radius 2 is 2.00 bits per heavy atom. The summed E-state index contributed by atoms with van der Waals surface area (Å²) in [6.07, 6.45) is 0. The van der Waals surface area contributed by atoms with E-state index in [0.717, 1.165) is 19.6 Å². The third kappa shape index (κ3) is 3.92. The standard InChI is InChI=1S/C16H25BrN2S/c1-5-18-13(4)15-7-6-14(17)8-16(15)19-9-11(2)20-12(3)10-19/h6-8,11-13,18H,5,9-10H2,1-4H3. The normalized spacial score (nSPS) is 24.8. The van der Waals surface area contributed by atoms with Gasteiger partial charge < -0.3 is 10.2 Å². The number of nitrogens with one attached hydrogen (secondary N) is 1. The SMILES string of the molecule is CCNC(C)c1ccc(Br)cc1N1CC(C)SC(C)C1. The molecule has 1 N–H and O–H groups in total. The zero-order valence-corrected chi connectivity index (χ0v) is 15.2. The van der Waals surface area contributed by atoms with E-state index in [0.29, 0.717) is 16.5 Å². The molecule has 0 bridgehead atoms. The van der Waals surface area contributed by atoms with E-state index in [1.807, 2.05) is 0 Å². The fourth-order valence-electron chi connectivity index (χ4n) is 2.95. The van der Waals surface area contributed by atoms with Gasteiger partial charge in [0.1, 0.15) is 0 Å². The highest BCUT2D eigenvalue weighted by molar-refractivity contribution is 9.10. The maximum absolute atomic E-state index is 3.63. The van der Waals surface area contributed by atoms with Crippen LogP contribution in [0.2, 0.25) is 0 Å². The third-order valence-electron chi connectivity index (χ3n) is 3.73. The Kier molecular flexibility index (Phi) is 5.82. The smallest absolute Gasteiger partial charge is 0.0426 e. The minimum atomic E-state index is 0.392. The van der Waals surface area contributed by atoms with Crippen molar-refractivity contribution >= 4 is 33.4 Å². The topological polar surface area (TPSA) is 15.3 Å². The van der Waals surface area contributed by atoms with Crippen molar-refractivity contribution in [3.63, 3.8) is 0 Å². The number of benzene rings is 1. The molecule has 1 aliphatic heterocycles. The highest BCUT2D eigenvalue weighted by Gasteiger charge is 2.25. The molecule has 3 unspecified atom stereocenters. The van der Waals surface area contributed by atoms with Crippen molar-refractivity contribution in [3.8, 4) is 0 Å². The van der Waals surface area contributed by atoms with E-state index in [1.54, 1.807) is 0 Å². The van der Waals surface area contributed by atoms with Gasteiger partial charge in [-0.2, -0.15) is 11.8 Å². The van der Waals surface area contributed by atoms with Crippen molar-refractivity contribution in [2.45, 2.75) is 44.2 Å². The van der Waals surface area contributed by atoms with Gasteiger partial charge in [0.15, 0.2) is 0 Å². The van der Waals surface area contributed by atoms with E-state index >= 15 is 0 Å². The van der Waals surface area contributed by atoms with E-state index in [4.69, 9.17) is 0 Å². The van der Waals surface area contributed by atoms with Crippen molar-refractivity contribution in [1.29, 1.82) is 0 Å². The van der Waals surface area contributed by atoms with Gasteiger partial charge in [-0.05, 0) is 31.2 Å². The lowest BCUT2D eigenvalue weighted by Crippen LogP contribution is -2.41. The number of halogens is 1. The van der Waals surface area contributed by atoms with Gasteiger partial charge in [0.25, 0.3) is 0 Å². The molecular weight excluding hydrogens is 332 g/mol. The molecule has 1 aromatic carbocycles. The number of thioether (sulfide) groups is 1. The summed E-state index contributed by atoms with van der Waals surface area (Å²) in [5.74, 6) is 0. The van der Waals surface area contributed by atoms with E-state index in [1.165, 1.54) is 15.7 Å². The number of hydrogen-bond donors (Lipinski definition) is 1. The van der Waals surface area contributed by atoms with E-state index in [-0.39, 0.29) is 0 Å². The van der Waals surface area contributed by atoms with E-state index in [9.17, 15) is 0 Å². The monoisotopic (exact) mass is 356 g/mol. The molecule has 112 valence electrons. The molecule has 0 amide bonds. The van der Waals surface area contributed by atoms with Crippen molar-refractivity contribution < 1.29 is 0 Å². The van der Waals surface area contributed by atoms with Gasteiger partial charge >= 0.3 is 0 Å². The Bertz CT molecular complexity index is 442. The molecule has 3 atom stereocenters. The van der Waals surface area contributed by atoms with Crippen LogP contribution in [0.4, 0.5) is 5.69 Å². The predicted molar refractivity (Wildman–Crippen MR) is 95.0 cm³/mol. The Balaban J connectivity index is 2.31. The summed E-state index contributed by atoms with van der Waals surface area (Å²) in [7, 11) is 0. The Hall–Kier alpha value is -0.190. The molecule has 1 fully saturated rings. The first-order chi connectivity index (χ1) is 9.51. The molecule has 1 aromatic rings.